The van der Waals surface area contributed by atoms with E-state index in [1.54, 1.807) is 11.3 Å². The van der Waals surface area contributed by atoms with Crippen LogP contribution in [0.25, 0.3) is 0 Å². The Balaban J connectivity index is 1.64. The molecular formula is C18H17NO2S2. The minimum atomic E-state index is -0.591. The summed E-state index contributed by atoms with van der Waals surface area (Å²) in [5.74, 6) is -0.0727. The summed E-state index contributed by atoms with van der Waals surface area (Å²) in [5, 5.41) is 17.2. The summed E-state index contributed by atoms with van der Waals surface area (Å²) in [4.78, 5) is 14.1. The Labute approximate surface area is 143 Å². The average molecular weight is 343 g/mol. The second kappa shape index (κ2) is 7.08. The molecule has 5 heteroatoms. The Kier molecular flexibility index (Phi) is 4.91. The van der Waals surface area contributed by atoms with Crippen LogP contribution >= 0.6 is 22.7 Å². The highest BCUT2D eigenvalue weighted by atomic mass is 32.1. The van der Waals surface area contributed by atoms with Gasteiger partial charge in [-0.2, -0.15) is 11.3 Å². The van der Waals surface area contributed by atoms with Gasteiger partial charge in [0.15, 0.2) is 0 Å². The van der Waals surface area contributed by atoms with E-state index in [0.717, 1.165) is 20.9 Å². The number of aryl methyl sites for hydroxylation is 1. The van der Waals surface area contributed by atoms with Crippen molar-refractivity contribution >= 4 is 28.6 Å². The molecule has 3 nitrogen and oxygen atoms in total. The number of benzene rings is 1. The summed E-state index contributed by atoms with van der Waals surface area (Å²) in [6.45, 7) is 2.39. The SMILES string of the molecule is Cc1ccccc1C(=O)NCc1ccc([C@H](O)c2ccsc2)s1. The number of aliphatic hydroxyl groups is 1. The van der Waals surface area contributed by atoms with Gasteiger partial charge in [-0.25, -0.2) is 0 Å². The molecule has 1 atom stereocenters. The number of carbonyl (C=O) groups excluding carboxylic acids is 1. The third-order valence-electron chi connectivity index (χ3n) is 3.62. The normalized spacial score (nSPS) is 12.1. The molecule has 0 aliphatic heterocycles. The molecule has 2 aromatic heterocycles. The minimum absolute atomic E-state index is 0.0727. The molecule has 1 amide bonds. The lowest BCUT2D eigenvalue weighted by Gasteiger charge is -2.07. The van der Waals surface area contributed by atoms with Gasteiger partial charge in [0.05, 0.1) is 6.54 Å². The lowest BCUT2D eigenvalue weighted by molar-refractivity contribution is 0.0950. The zero-order valence-electron chi connectivity index (χ0n) is 12.7. The first-order valence-electron chi connectivity index (χ1n) is 7.28. The van der Waals surface area contributed by atoms with Crippen molar-refractivity contribution in [2.45, 2.75) is 19.6 Å². The molecule has 23 heavy (non-hydrogen) atoms. The van der Waals surface area contributed by atoms with Crippen LogP contribution in [-0.2, 0) is 6.54 Å². The molecule has 118 valence electrons. The van der Waals surface area contributed by atoms with Crippen LogP contribution in [0.4, 0.5) is 0 Å². The number of hydrogen-bond donors (Lipinski definition) is 2. The topological polar surface area (TPSA) is 49.3 Å². The average Bonchev–Trinajstić information content (AvgIpc) is 3.24. The number of hydrogen-bond acceptors (Lipinski definition) is 4. The molecule has 1 aromatic carbocycles. The lowest BCUT2D eigenvalue weighted by Crippen LogP contribution is -2.23. The Morgan fingerprint density at radius 1 is 1.22 bits per heavy atom. The Bertz CT molecular complexity index is 793. The first-order valence-corrected chi connectivity index (χ1v) is 9.03. The van der Waals surface area contributed by atoms with E-state index in [9.17, 15) is 9.90 Å². The number of aliphatic hydroxyl groups excluding tert-OH is 1. The molecule has 0 fully saturated rings. The van der Waals surface area contributed by atoms with Crippen LogP contribution in [-0.4, -0.2) is 11.0 Å². The molecular weight excluding hydrogens is 326 g/mol. The van der Waals surface area contributed by atoms with Crippen molar-refractivity contribution in [1.82, 2.24) is 5.32 Å². The van der Waals surface area contributed by atoms with Crippen LogP contribution in [0.1, 0.15) is 37.3 Å². The van der Waals surface area contributed by atoms with E-state index in [2.05, 4.69) is 5.32 Å². The van der Waals surface area contributed by atoms with E-state index in [0.29, 0.717) is 12.1 Å². The van der Waals surface area contributed by atoms with Gasteiger partial charge in [0.1, 0.15) is 6.10 Å². The van der Waals surface area contributed by atoms with Gasteiger partial charge < -0.3 is 10.4 Å². The van der Waals surface area contributed by atoms with Crippen LogP contribution in [0.15, 0.2) is 53.2 Å². The zero-order chi connectivity index (χ0) is 16.2. The zero-order valence-corrected chi connectivity index (χ0v) is 14.3. The molecule has 0 bridgehead atoms. The molecule has 0 unspecified atom stereocenters. The Morgan fingerprint density at radius 2 is 2.04 bits per heavy atom. The lowest BCUT2D eigenvalue weighted by atomic mass is 10.1. The maximum absolute atomic E-state index is 12.2. The van der Waals surface area contributed by atoms with Gasteiger partial charge in [-0.1, -0.05) is 18.2 Å². The molecule has 0 spiro atoms. The van der Waals surface area contributed by atoms with Gasteiger partial charge >= 0.3 is 0 Å². The molecule has 0 saturated carbocycles. The van der Waals surface area contributed by atoms with Crippen LogP contribution < -0.4 is 5.32 Å². The predicted octanol–water partition coefficient (Wildman–Crippen LogP) is 4.13. The molecule has 3 aromatic rings. The highest BCUT2D eigenvalue weighted by molar-refractivity contribution is 7.12. The van der Waals surface area contributed by atoms with Gasteiger partial charge in [-0.3, -0.25) is 4.79 Å². The standard InChI is InChI=1S/C18H17NO2S2/c1-12-4-2-3-5-15(12)18(21)19-10-14-6-7-16(23-14)17(20)13-8-9-22-11-13/h2-9,11,17,20H,10H2,1H3,(H,19,21)/t17-/m1/s1. The first kappa shape index (κ1) is 15.9. The number of carbonyl (C=O) groups is 1. The van der Waals surface area contributed by atoms with Crippen molar-refractivity contribution in [2.75, 3.05) is 0 Å². The van der Waals surface area contributed by atoms with Gasteiger partial charge in [-0.05, 0) is 53.1 Å². The van der Waals surface area contributed by atoms with Crippen LogP contribution in [0.2, 0.25) is 0 Å². The first-order chi connectivity index (χ1) is 11.1. The van der Waals surface area contributed by atoms with E-state index in [1.165, 1.54) is 11.3 Å². The highest BCUT2D eigenvalue weighted by Gasteiger charge is 2.14. The number of amides is 1. The molecule has 3 rings (SSSR count). The predicted molar refractivity (Wildman–Crippen MR) is 95.0 cm³/mol. The van der Waals surface area contributed by atoms with E-state index in [4.69, 9.17) is 0 Å². The van der Waals surface area contributed by atoms with Crippen LogP contribution in [0, 0.1) is 6.92 Å². The second-order valence-corrected chi connectivity index (χ2v) is 7.24. The third-order valence-corrected chi connectivity index (χ3v) is 5.46. The van der Waals surface area contributed by atoms with Gasteiger partial charge in [0.2, 0.25) is 0 Å². The largest absolute Gasteiger partial charge is 0.383 e. The van der Waals surface area contributed by atoms with Crippen molar-refractivity contribution in [1.29, 1.82) is 0 Å². The maximum atomic E-state index is 12.2. The van der Waals surface area contributed by atoms with Crippen LogP contribution in [0.5, 0.6) is 0 Å². The number of nitrogens with one attached hydrogen (secondary N) is 1. The Hall–Kier alpha value is -1.95. The number of thiophene rings is 2. The summed E-state index contributed by atoms with van der Waals surface area (Å²) in [7, 11) is 0. The summed E-state index contributed by atoms with van der Waals surface area (Å²) in [6, 6.07) is 13.3. The van der Waals surface area contributed by atoms with Crippen LogP contribution in [0.3, 0.4) is 0 Å². The molecule has 0 radical (unpaired) electrons. The van der Waals surface area contributed by atoms with Crippen molar-refractivity contribution in [2.24, 2.45) is 0 Å². The van der Waals surface area contributed by atoms with Gasteiger partial charge in [-0.15, -0.1) is 11.3 Å². The third kappa shape index (κ3) is 3.69. The van der Waals surface area contributed by atoms with Crippen molar-refractivity contribution in [3.05, 3.63) is 79.7 Å². The van der Waals surface area contributed by atoms with Gasteiger partial charge in [0.25, 0.3) is 5.91 Å². The molecule has 0 saturated heterocycles. The fourth-order valence-electron chi connectivity index (χ4n) is 2.32. The van der Waals surface area contributed by atoms with Gasteiger partial charge in [0, 0.05) is 15.3 Å². The van der Waals surface area contributed by atoms with E-state index < -0.39 is 6.10 Å². The maximum Gasteiger partial charge on any atom is 0.251 e. The minimum Gasteiger partial charge on any atom is -0.383 e. The van der Waals surface area contributed by atoms with Crippen molar-refractivity contribution in [3.8, 4) is 0 Å². The summed E-state index contributed by atoms with van der Waals surface area (Å²) in [5.41, 5.74) is 2.57. The fraction of sp³-hybridized carbons (Fsp3) is 0.167. The van der Waals surface area contributed by atoms with Crippen molar-refractivity contribution < 1.29 is 9.90 Å². The Morgan fingerprint density at radius 3 is 2.78 bits per heavy atom. The molecule has 0 aliphatic rings. The quantitative estimate of drug-likeness (QED) is 0.732. The highest BCUT2D eigenvalue weighted by Crippen LogP contribution is 2.29. The fourth-order valence-corrected chi connectivity index (χ4v) is 3.97. The summed E-state index contributed by atoms with van der Waals surface area (Å²) >= 11 is 3.09. The monoisotopic (exact) mass is 343 g/mol. The smallest absolute Gasteiger partial charge is 0.251 e. The molecule has 2 N–H and O–H groups in total. The summed E-state index contributed by atoms with van der Waals surface area (Å²) < 4.78 is 0. The molecule has 2 heterocycles. The van der Waals surface area contributed by atoms with Crippen molar-refractivity contribution in [3.63, 3.8) is 0 Å². The molecule has 0 aliphatic carbocycles. The van der Waals surface area contributed by atoms with E-state index in [-0.39, 0.29) is 5.91 Å². The summed E-state index contributed by atoms with van der Waals surface area (Å²) in [6.07, 6.45) is -0.591. The second-order valence-electron chi connectivity index (χ2n) is 5.26. The number of rotatable bonds is 5. The van der Waals surface area contributed by atoms with E-state index >= 15 is 0 Å². The van der Waals surface area contributed by atoms with E-state index in [1.807, 2.05) is 60.1 Å².